The Bertz CT molecular complexity index is 1590. The smallest absolute Gasteiger partial charge is 0.212 e. The van der Waals surface area contributed by atoms with E-state index < -0.39 is 9.03 Å². The molecule has 0 fully saturated rings. The first kappa shape index (κ1) is 33.0. The fraction of sp³-hybridized carbons (Fsp3) is 0.400. The lowest BCUT2D eigenvalue weighted by Gasteiger charge is -2.31. The van der Waals surface area contributed by atoms with Crippen molar-refractivity contribution in [2.24, 2.45) is 0 Å². The van der Waals surface area contributed by atoms with Gasteiger partial charge in [0, 0.05) is 11.1 Å². The molecule has 0 saturated heterocycles. The summed E-state index contributed by atoms with van der Waals surface area (Å²) in [6.45, 7) is 27.4. The summed E-state index contributed by atoms with van der Waals surface area (Å²) < 4.78 is 6.05. The van der Waals surface area contributed by atoms with E-state index in [-0.39, 0.29) is 21.7 Å². The highest BCUT2D eigenvalue weighted by atomic mass is 31.1. The van der Waals surface area contributed by atoms with Crippen molar-refractivity contribution in [3.05, 3.63) is 101 Å². The minimum Gasteiger partial charge on any atom is -0.449 e. The molecule has 2 nitrogen and oxygen atoms in total. The largest absolute Gasteiger partial charge is 0.449 e. The van der Waals surface area contributed by atoms with E-state index in [0.717, 1.165) is 22.3 Å². The summed E-state index contributed by atoms with van der Waals surface area (Å²) in [5, 5.41) is 0. The Balaban J connectivity index is 2.21. The maximum atomic E-state index is 10.1. The monoisotopic (exact) mass is 594 g/mol. The van der Waals surface area contributed by atoms with Gasteiger partial charge in [-0.15, -0.1) is 0 Å². The van der Waals surface area contributed by atoms with Crippen molar-refractivity contribution < 1.29 is 9.42 Å². The lowest BCUT2D eigenvalue weighted by atomic mass is 9.74. The molecule has 4 rings (SSSR count). The van der Waals surface area contributed by atoms with E-state index in [0.29, 0.717) is 5.75 Å². The van der Waals surface area contributed by atoms with Gasteiger partial charge in [-0.1, -0.05) is 156 Å². The molecule has 3 heteroatoms. The van der Waals surface area contributed by atoms with Crippen LogP contribution in [0.25, 0.3) is 33.4 Å². The van der Waals surface area contributed by atoms with Gasteiger partial charge >= 0.3 is 0 Å². The van der Waals surface area contributed by atoms with Crippen molar-refractivity contribution >= 4 is 9.03 Å². The topological polar surface area (TPSA) is 29.5 Å². The second-order valence-electron chi connectivity index (χ2n) is 15.9. The first-order chi connectivity index (χ1) is 19.8. The van der Waals surface area contributed by atoms with Crippen LogP contribution >= 0.6 is 9.03 Å². The van der Waals surface area contributed by atoms with E-state index in [2.05, 4.69) is 162 Å². The van der Waals surface area contributed by atoms with Crippen LogP contribution in [-0.2, 0) is 21.7 Å². The molecule has 0 radical (unpaired) electrons. The van der Waals surface area contributed by atoms with Crippen LogP contribution in [0, 0.1) is 0 Å². The molecule has 43 heavy (non-hydrogen) atoms. The third kappa shape index (κ3) is 7.08. The van der Waals surface area contributed by atoms with E-state index in [9.17, 15) is 4.89 Å². The molecule has 228 valence electrons. The van der Waals surface area contributed by atoms with E-state index in [1.165, 1.54) is 33.4 Å². The van der Waals surface area contributed by atoms with Crippen LogP contribution in [0.2, 0.25) is 0 Å². The number of benzene rings is 4. The molecule has 0 spiro atoms. The van der Waals surface area contributed by atoms with Crippen LogP contribution in [0.15, 0.2) is 78.9 Å². The fourth-order valence-corrected chi connectivity index (χ4v) is 6.10. The molecular formula is C40H51O2P. The number of rotatable bonds is 5. The SMILES string of the molecule is CC(C)(C)c1ccc(-c2ccc(OPO)c(-c3ccc(C(C)(C)C)cc3C(C)(C)C)c2-c2ccccc2)c(C(C)(C)C)c1. The normalized spacial score (nSPS) is 13.1. The average Bonchev–Trinajstić information content (AvgIpc) is 2.91. The molecule has 0 bridgehead atoms. The maximum Gasteiger partial charge on any atom is 0.212 e. The first-order valence-corrected chi connectivity index (χ1v) is 16.3. The fourth-order valence-electron chi connectivity index (χ4n) is 5.83. The van der Waals surface area contributed by atoms with Crippen LogP contribution in [0.1, 0.15) is 105 Å². The highest BCUT2D eigenvalue weighted by molar-refractivity contribution is 7.25. The molecule has 0 saturated carbocycles. The highest BCUT2D eigenvalue weighted by Crippen LogP contribution is 2.51. The molecule has 0 aromatic heterocycles. The quantitative estimate of drug-likeness (QED) is 0.233. The van der Waals surface area contributed by atoms with Crippen molar-refractivity contribution in [1.29, 1.82) is 0 Å². The van der Waals surface area contributed by atoms with Crippen LogP contribution in [0.3, 0.4) is 0 Å². The predicted octanol–water partition coefficient (Wildman–Crippen LogP) is 11.8. The maximum absolute atomic E-state index is 10.1. The minimum atomic E-state index is -0.654. The van der Waals surface area contributed by atoms with E-state index >= 15 is 0 Å². The molecule has 1 unspecified atom stereocenters. The second kappa shape index (κ2) is 11.9. The Morgan fingerprint density at radius 2 is 0.953 bits per heavy atom. The van der Waals surface area contributed by atoms with Gasteiger partial charge in [0.2, 0.25) is 9.03 Å². The van der Waals surface area contributed by atoms with Gasteiger partial charge in [0.1, 0.15) is 5.75 Å². The summed E-state index contributed by atoms with van der Waals surface area (Å²) in [6, 6.07) is 28.8. The molecule has 0 aliphatic rings. The summed E-state index contributed by atoms with van der Waals surface area (Å²) in [7, 11) is -0.654. The highest BCUT2D eigenvalue weighted by Gasteiger charge is 2.29. The molecule has 4 aromatic carbocycles. The standard InChI is InChI=1S/C40H51O2P/c1-37(2,3)27-18-20-29(32(24-27)39(7,8)9)30-22-23-34(42-43-41)36(35(30)26-16-14-13-15-17-26)31-21-19-28(38(4,5)6)25-33(31)40(10,11)12/h13-25,41,43H,1-12H3. The Labute approximate surface area is 262 Å². The second-order valence-corrected chi connectivity index (χ2v) is 16.3. The van der Waals surface area contributed by atoms with Crippen molar-refractivity contribution in [3.63, 3.8) is 0 Å². The average molecular weight is 595 g/mol. The first-order valence-electron chi connectivity index (χ1n) is 15.4. The van der Waals surface area contributed by atoms with Gasteiger partial charge in [0.15, 0.2) is 0 Å². The third-order valence-corrected chi connectivity index (χ3v) is 8.64. The lowest BCUT2D eigenvalue weighted by molar-refractivity contribution is 0.515. The van der Waals surface area contributed by atoms with Crippen LogP contribution in [0.5, 0.6) is 5.75 Å². The number of hydrogen-bond donors (Lipinski definition) is 1. The van der Waals surface area contributed by atoms with Crippen molar-refractivity contribution in [2.45, 2.75) is 105 Å². The van der Waals surface area contributed by atoms with Gasteiger partial charge in [-0.25, -0.2) is 0 Å². The van der Waals surface area contributed by atoms with Crippen molar-refractivity contribution in [2.75, 3.05) is 0 Å². The summed E-state index contributed by atoms with van der Waals surface area (Å²) in [4.78, 5) is 10.1. The summed E-state index contributed by atoms with van der Waals surface area (Å²) >= 11 is 0. The van der Waals surface area contributed by atoms with Crippen LogP contribution in [-0.4, -0.2) is 4.89 Å². The molecular weight excluding hydrogens is 543 g/mol. The third-order valence-electron chi connectivity index (χ3n) is 8.33. The number of hydrogen-bond acceptors (Lipinski definition) is 2. The molecule has 4 aromatic rings. The Hall–Kier alpha value is -2.93. The van der Waals surface area contributed by atoms with Gasteiger partial charge in [-0.05, 0) is 72.2 Å². The Morgan fingerprint density at radius 1 is 0.488 bits per heavy atom. The zero-order valence-electron chi connectivity index (χ0n) is 28.4. The zero-order chi connectivity index (χ0) is 32.0. The summed E-state index contributed by atoms with van der Waals surface area (Å²) in [5.41, 5.74) is 11.9. The van der Waals surface area contributed by atoms with Gasteiger partial charge in [0.05, 0.1) is 0 Å². The Morgan fingerprint density at radius 3 is 1.42 bits per heavy atom. The molecule has 0 aliphatic heterocycles. The molecule has 0 aliphatic carbocycles. The molecule has 1 N–H and O–H groups in total. The Kier molecular flexibility index (Phi) is 9.10. The molecule has 0 amide bonds. The van der Waals surface area contributed by atoms with Gasteiger partial charge in [-0.2, -0.15) is 0 Å². The zero-order valence-corrected chi connectivity index (χ0v) is 29.4. The van der Waals surface area contributed by atoms with E-state index in [1.807, 2.05) is 0 Å². The van der Waals surface area contributed by atoms with Crippen molar-refractivity contribution in [1.82, 2.24) is 0 Å². The minimum absolute atomic E-state index is 0.0187. The summed E-state index contributed by atoms with van der Waals surface area (Å²) in [6.07, 6.45) is 0. The molecule has 1 atom stereocenters. The lowest BCUT2D eigenvalue weighted by Crippen LogP contribution is -2.18. The van der Waals surface area contributed by atoms with Gasteiger partial charge < -0.3 is 9.42 Å². The van der Waals surface area contributed by atoms with Gasteiger partial charge in [-0.3, -0.25) is 0 Å². The molecule has 0 heterocycles. The summed E-state index contributed by atoms with van der Waals surface area (Å²) in [5.74, 6) is 0.695. The predicted molar refractivity (Wildman–Crippen MR) is 189 cm³/mol. The van der Waals surface area contributed by atoms with Crippen LogP contribution in [0.4, 0.5) is 0 Å². The van der Waals surface area contributed by atoms with E-state index in [4.69, 9.17) is 4.52 Å². The van der Waals surface area contributed by atoms with Crippen molar-refractivity contribution in [3.8, 4) is 39.1 Å². The van der Waals surface area contributed by atoms with Gasteiger partial charge in [0.25, 0.3) is 0 Å². The van der Waals surface area contributed by atoms with Crippen LogP contribution < -0.4 is 4.52 Å². The van der Waals surface area contributed by atoms with E-state index in [1.54, 1.807) is 0 Å².